The zero-order valence-electron chi connectivity index (χ0n) is 12.3. The Morgan fingerprint density at radius 3 is 2.91 bits per heavy atom. The SMILES string of the molecule is OB(O)[C@H](Cc1coc2ccccc12)NSCc1cnccn1. The molecule has 1 aromatic carbocycles. The van der Waals surface area contributed by atoms with Crippen LogP contribution in [-0.2, 0) is 12.2 Å². The van der Waals surface area contributed by atoms with Crippen molar-refractivity contribution in [2.45, 2.75) is 18.1 Å². The standard InChI is InChI=1S/C15H16BN3O3S/c20-16(21)15(19-23-10-12-8-17-5-6-18-12)7-11-9-22-14-4-2-1-3-13(11)14/h1-6,8-9,15,19-21H,7,10H2/t15-/m0/s1. The first kappa shape index (κ1) is 16.0. The van der Waals surface area contributed by atoms with Crippen molar-refractivity contribution in [3.05, 3.63) is 60.4 Å². The van der Waals surface area contributed by atoms with E-state index >= 15 is 0 Å². The highest BCUT2D eigenvalue weighted by Gasteiger charge is 2.25. The quantitative estimate of drug-likeness (QED) is 0.448. The smallest absolute Gasteiger partial charge is 0.464 e. The second-order valence-corrected chi connectivity index (χ2v) is 5.90. The number of nitrogens with one attached hydrogen (secondary N) is 1. The Bertz CT molecular complexity index is 754. The summed E-state index contributed by atoms with van der Waals surface area (Å²) in [6, 6.07) is 7.69. The number of rotatable bonds is 7. The lowest BCUT2D eigenvalue weighted by Gasteiger charge is -2.16. The monoisotopic (exact) mass is 329 g/mol. The molecule has 8 heteroatoms. The molecule has 0 saturated heterocycles. The summed E-state index contributed by atoms with van der Waals surface area (Å²) >= 11 is 1.37. The van der Waals surface area contributed by atoms with E-state index in [9.17, 15) is 10.0 Å². The average Bonchev–Trinajstić information content (AvgIpc) is 2.98. The summed E-state index contributed by atoms with van der Waals surface area (Å²) in [6.07, 6.45) is 7.04. The predicted molar refractivity (Wildman–Crippen MR) is 90.4 cm³/mol. The van der Waals surface area contributed by atoms with Crippen LogP contribution in [0.4, 0.5) is 0 Å². The number of nitrogens with zero attached hydrogens (tertiary/aromatic N) is 2. The molecule has 6 nitrogen and oxygen atoms in total. The maximum Gasteiger partial charge on any atom is 0.470 e. The number of fused-ring (bicyclic) bond motifs is 1. The van der Waals surface area contributed by atoms with Crippen LogP contribution in [0.3, 0.4) is 0 Å². The number of para-hydroxylation sites is 1. The third-order valence-electron chi connectivity index (χ3n) is 3.43. The molecular weight excluding hydrogens is 313 g/mol. The number of furan rings is 1. The average molecular weight is 329 g/mol. The van der Waals surface area contributed by atoms with Crippen LogP contribution in [0, 0.1) is 0 Å². The molecule has 0 radical (unpaired) electrons. The second-order valence-electron chi connectivity index (χ2n) is 5.08. The highest BCUT2D eigenvalue weighted by molar-refractivity contribution is 7.96. The van der Waals surface area contributed by atoms with Gasteiger partial charge in [0.2, 0.25) is 0 Å². The first-order valence-corrected chi connectivity index (χ1v) is 8.16. The topological polar surface area (TPSA) is 91.4 Å². The Morgan fingerprint density at radius 2 is 2.13 bits per heavy atom. The molecule has 0 aliphatic heterocycles. The van der Waals surface area contributed by atoms with Gasteiger partial charge in [-0.15, -0.1) is 0 Å². The van der Waals surface area contributed by atoms with Crippen molar-refractivity contribution in [1.82, 2.24) is 14.7 Å². The van der Waals surface area contributed by atoms with Gasteiger partial charge in [-0.3, -0.25) is 14.7 Å². The van der Waals surface area contributed by atoms with E-state index < -0.39 is 13.1 Å². The molecule has 118 valence electrons. The van der Waals surface area contributed by atoms with Gasteiger partial charge in [-0.1, -0.05) is 30.1 Å². The molecule has 0 spiro atoms. The third kappa shape index (κ3) is 4.11. The maximum atomic E-state index is 9.60. The van der Waals surface area contributed by atoms with E-state index in [0.717, 1.165) is 22.2 Å². The van der Waals surface area contributed by atoms with Gasteiger partial charge in [0.1, 0.15) is 5.58 Å². The molecule has 3 aromatic rings. The van der Waals surface area contributed by atoms with E-state index in [2.05, 4.69) is 14.7 Å². The minimum Gasteiger partial charge on any atom is -0.464 e. The third-order valence-corrected chi connectivity index (χ3v) is 4.34. The molecule has 0 saturated carbocycles. The normalized spacial score (nSPS) is 12.4. The fraction of sp³-hybridized carbons (Fsp3) is 0.200. The van der Waals surface area contributed by atoms with E-state index in [0.29, 0.717) is 12.2 Å². The molecule has 2 heterocycles. The van der Waals surface area contributed by atoms with Crippen LogP contribution in [0.15, 0.2) is 53.5 Å². The summed E-state index contributed by atoms with van der Waals surface area (Å²) in [4.78, 5) is 8.17. The van der Waals surface area contributed by atoms with Crippen molar-refractivity contribution in [3.8, 4) is 0 Å². The fourth-order valence-corrected chi connectivity index (χ4v) is 3.06. The van der Waals surface area contributed by atoms with Crippen LogP contribution in [0.25, 0.3) is 11.0 Å². The number of aromatic nitrogens is 2. The number of hydrogen-bond donors (Lipinski definition) is 3. The minimum atomic E-state index is -1.47. The van der Waals surface area contributed by atoms with Crippen LogP contribution in [0.2, 0.25) is 0 Å². The van der Waals surface area contributed by atoms with Crippen LogP contribution in [0.1, 0.15) is 11.3 Å². The summed E-state index contributed by atoms with van der Waals surface area (Å²) in [5.74, 6) is 0.0705. The largest absolute Gasteiger partial charge is 0.470 e. The van der Waals surface area contributed by atoms with Crippen molar-refractivity contribution in [2.24, 2.45) is 0 Å². The Balaban J connectivity index is 1.63. The summed E-state index contributed by atoms with van der Waals surface area (Å²) < 4.78 is 8.57. The molecule has 1 atom stereocenters. The lowest BCUT2D eigenvalue weighted by molar-refractivity contribution is 0.382. The Labute approximate surface area is 138 Å². The first-order chi connectivity index (χ1) is 11.2. The zero-order chi connectivity index (χ0) is 16.1. The van der Waals surface area contributed by atoms with E-state index in [4.69, 9.17) is 4.42 Å². The van der Waals surface area contributed by atoms with Crippen molar-refractivity contribution < 1.29 is 14.5 Å². The molecule has 23 heavy (non-hydrogen) atoms. The highest BCUT2D eigenvalue weighted by atomic mass is 32.2. The summed E-state index contributed by atoms with van der Waals surface area (Å²) in [5.41, 5.74) is 2.55. The highest BCUT2D eigenvalue weighted by Crippen LogP contribution is 2.22. The minimum absolute atomic E-state index is 0.447. The van der Waals surface area contributed by atoms with E-state index in [1.807, 2.05) is 24.3 Å². The van der Waals surface area contributed by atoms with Crippen LogP contribution >= 0.6 is 11.9 Å². The molecule has 0 aliphatic carbocycles. The molecule has 0 fully saturated rings. The van der Waals surface area contributed by atoms with Gasteiger partial charge in [-0.25, -0.2) is 0 Å². The second kappa shape index (κ2) is 7.61. The van der Waals surface area contributed by atoms with Gasteiger partial charge < -0.3 is 14.5 Å². The zero-order valence-corrected chi connectivity index (χ0v) is 13.1. The number of hydrogen-bond acceptors (Lipinski definition) is 7. The summed E-state index contributed by atoms with van der Waals surface area (Å²) in [7, 11) is -1.47. The fourth-order valence-electron chi connectivity index (χ4n) is 2.26. The Hall–Kier alpha value is -1.87. The van der Waals surface area contributed by atoms with Gasteiger partial charge in [0.25, 0.3) is 0 Å². The lowest BCUT2D eigenvalue weighted by atomic mass is 9.77. The molecule has 0 amide bonds. The van der Waals surface area contributed by atoms with Gasteiger partial charge in [-0.2, -0.15) is 0 Å². The van der Waals surface area contributed by atoms with Gasteiger partial charge in [-0.05, 0) is 18.1 Å². The molecule has 3 N–H and O–H groups in total. The van der Waals surface area contributed by atoms with Gasteiger partial charge in [0, 0.05) is 24.0 Å². The predicted octanol–water partition coefficient (Wildman–Crippen LogP) is 1.58. The van der Waals surface area contributed by atoms with Gasteiger partial charge in [0.05, 0.1) is 23.7 Å². The van der Waals surface area contributed by atoms with E-state index in [-0.39, 0.29) is 0 Å². The van der Waals surface area contributed by atoms with Crippen molar-refractivity contribution in [3.63, 3.8) is 0 Å². The van der Waals surface area contributed by atoms with Crippen molar-refractivity contribution in [2.75, 3.05) is 0 Å². The first-order valence-electron chi connectivity index (χ1n) is 7.17. The van der Waals surface area contributed by atoms with Crippen LogP contribution in [-0.4, -0.2) is 33.1 Å². The van der Waals surface area contributed by atoms with Crippen LogP contribution < -0.4 is 4.72 Å². The lowest BCUT2D eigenvalue weighted by Crippen LogP contribution is -2.42. The van der Waals surface area contributed by atoms with E-state index in [1.54, 1.807) is 24.9 Å². The van der Waals surface area contributed by atoms with Gasteiger partial charge >= 0.3 is 7.12 Å². The maximum absolute atomic E-state index is 9.60. The molecule has 2 aromatic heterocycles. The summed E-state index contributed by atoms with van der Waals surface area (Å²) in [5, 5.41) is 20.2. The molecular formula is C15H16BN3O3S. The molecule has 0 aliphatic rings. The molecule has 0 unspecified atom stereocenters. The van der Waals surface area contributed by atoms with Crippen LogP contribution in [0.5, 0.6) is 0 Å². The van der Waals surface area contributed by atoms with Gasteiger partial charge in [0.15, 0.2) is 0 Å². The molecule has 3 rings (SSSR count). The Kier molecular flexibility index (Phi) is 5.29. The summed E-state index contributed by atoms with van der Waals surface area (Å²) in [6.45, 7) is 0. The Morgan fingerprint density at radius 1 is 1.26 bits per heavy atom. The number of benzene rings is 1. The van der Waals surface area contributed by atoms with Crippen molar-refractivity contribution in [1.29, 1.82) is 0 Å². The molecule has 0 bridgehead atoms. The van der Waals surface area contributed by atoms with E-state index in [1.165, 1.54) is 11.9 Å². The van der Waals surface area contributed by atoms with Crippen molar-refractivity contribution >= 4 is 30.0 Å².